The summed E-state index contributed by atoms with van der Waals surface area (Å²) < 4.78 is 1.58. The normalized spacial score (nSPS) is 15.9. The molecule has 0 saturated carbocycles. The Hall–Kier alpha value is -2.39. The van der Waals surface area contributed by atoms with Crippen molar-refractivity contribution in [1.82, 2.24) is 20.1 Å². The number of hydrogen-bond donors (Lipinski definition) is 2. The standard InChI is InChI=1S/C14H15N5O/c15-9-10-2-1-3-12(8-10)19-13(17-18-14(19)20)11-4-6-16-7-5-11/h1-3,8,11,16H,4-7H2,(H,18,20). The number of nitriles is 1. The molecule has 0 bridgehead atoms. The Balaban J connectivity index is 2.06. The van der Waals surface area contributed by atoms with Gasteiger partial charge in [0, 0.05) is 5.92 Å². The van der Waals surface area contributed by atoms with Gasteiger partial charge in [-0.05, 0) is 44.1 Å². The Morgan fingerprint density at radius 3 is 2.90 bits per heavy atom. The molecule has 0 unspecified atom stereocenters. The summed E-state index contributed by atoms with van der Waals surface area (Å²) in [4.78, 5) is 12.0. The van der Waals surface area contributed by atoms with Crippen molar-refractivity contribution < 1.29 is 0 Å². The molecule has 6 heteroatoms. The van der Waals surface area contributed by atoms with Gasteiger partial charge in [-0.3, -0.25) is 0 Å². The lowest BCUT2D eigenvalue weighted by atomic mass is 9.97. The second-order valence-electron chi connectivity index (χ2n) is 4.91. The summed E-state index contributed by atoms with van der Waals surface area (Å²) in [6.45, 7) is 1.87. The van der Waals surface area contributed by atoms with Gasteiger partial charge in [0.2, 0.25) is 0 Å². The first-order chi connectivity index (χ1) is 9.79. The number of nitrogens with zero attached hydrogens (tertiary/aromatic N) is 3. The lowest BCUT2D eigenvalue weighted by molar-refractivity contribution is 0.440. The molecule has 1 aliphatic heterocycles. The van der Waals surface area contributed by atoms with E-state index in [0.29, 0.717) is 11.3 Å². The largest absolute Gasteiger partial charge is 0.347 e. The molecule has 102 valence electrons. The average molecular weight is 269 g/mol. The third-order valence-corrected chi connectivity index (χ3v) is 3.64. The van der Waals surface area contributed by atoms with Crippen LogP contribution in [-0.2, 0) is 0 Å². The van der Waals surface area contributed by atoms with Crippen molar-refractivity contribution in [3.63, 3.8) is 0 Å². The Bertz CT molecular complexity index is 703. The van der Waals surface area contributed by atoms with Crippen LogP contribution < -0.4 is 11.0 Å². The molecule has 1 saturated heterocycles. The molecule has 0 spiro atoms. The maximum atomic E-state index is 12.0. The first kappa shape index (κ1) is 12.6. The first-order valence-electron chi connectivity index (χ1n) is 6.68. The van der Waals surface area contributed by atoms with E-state index in [9.17, 15) is 4.79 Å². The molecule has 20 heavy (non-hydrogen) atoms. The molecule has 1 aromatic carbocycles. The first-order valence-corrected chi connectivity index (χ1v) is 6.68. The number of aromatic amines is 1. The van der Waals surface area contributed by atoms with Crippen molar-refractivity contribution in [2.45, 2.75) is 18.8 Å². The van der Waals surface area contributed by atoms with Crippen molar-refractivity contribution >= 4 is 0 Å². The van der Waals surface area contributed by atoms with E-state index in [1.807, 2.05) is 6.07 Å². The van der Waals surface area contributed by atoms with Crippen LogP contribution in [-0.4, -0.2) is 27.9 Å². The molecule has 0 aliphatic carbocycles. The Morgan fingerprint density at radius 1 is 1.35 bits per heavy atom. The predicted octanol–water partition coefficient (Wildman–Crippen LogP) is 0.899. The fourth-order valence-electron chi connectivity index (χ4n) is 2.63. The molecule has 1 aliphatic rings. The van der Waals surface area contributed by atoms with E-state index in [2.05, 4.69) is 21.6 Å². The molecule has 0 radical (unpaired) electrons. The maximum Gasteiger partial charge on any atom is 0.347 e. The fourth-order valence-corrected chi connectivity index (χ4v) is 2.63. The quantitative estimate of drug-likeness (QED) is 0.848. The van der Waals surface area contributed by atoms with Crippen LogP contribution in [0.3, 0.4) is 0 Å². The minimum absolute atomic E-state index is 0.256. The summed E-state index contributed by atoms with van der Waals surface area (Å²) in [5.74, 6) is 1.02. The van der Waals surface area contributed by atoms with E-state index >= 15 is 0 Å². The summed E-state index contributed by atoms with van der Waals surface area (Å²) in [5.41, 5.74) is 0.969. The molecule has 1 aromatic heterocycles. The van der Waals surface area contributed by atoms with Crippen LogP contribution in [0.4, 0.5) is 0 Å². The highest BCUT2D eigenvalue weighted by atomic mass is 16.1. The molecule has 2 heterocycles. The number of rotatable bonds is 2. The smallest absolute Gasteiger partial charge is 0.317 e. The molecule has 1 fully saturated rings. The van der Waals surface area contributed by atoms with Gasteiger partial charge < -0.3 is 5.32 Å². The minimum Gasteiger partial charge on any atom is -0.317 e. The van der Waals surface area contributed by atoms with E-state index in [1.165, 1.54) is 0 Å². The molecule has 0 amide bonds. The average Bonchev–Trinajstić information content (AvgIpc) is 2.90. The molecule has 2 N–H and O–H groups in total. The molecule has 0 atom stereocenters. The van der Waals surface area contributed by atoms with Crippen molar-refractivity contribution in [1.29, 1.82) is 5.26 Å². The molecule has 3 rings (SSSR count). The highest BCUT2D eigenvalue weighted by Crippen LogP contribution is 2.24. The van der Waals surface area contributed by atoms with Crippen LogP contribution in [0.15, 0.2) is 29.1 Å². The lowest BCUT2D eigenvalue weighted by Gasteiger charge is -2.22. The number of hydrogen-bond acceptors (Lipinski definition) is 4. The monoisotopic (exact) mass is 269 g/mol. The van der Waals surface area contributed by atoms with Crippen LogP contribution in [0.5, 0.6) is 0 Å². The molecule has 6 nitrogen and oxygen atoms in total. The highest BCUT2D eigenvalue weighted by molar-refractivity contribution is 5.42. The lowest BCUT2D eigenvalue weighted by Crippen LogP contribution is -2.29. The van der Waals surface area contributed by atoms with Gasteiger partial charge in [-0.2, -0.15) is 10.4 Å². The Kier molecular flexibility index (Phi) is 3.35. The van der Waals surface area contributed by atoms with E-state index in [4.69, 9.17) is 5.26 Å². The van der Waals surface area contributed by atoms with Crippen LogP contribution in [0.25, 0.3) is 5.69 Å². The Labute approximate surface area is 116 Å². The third-order valence-electron chi connectivity index (χ3n) is 3.64. The van der Waals surface area contributed by atoms with Gasteiger partial charge in [-0.15, -0.1) is 0 Å². The number of nitrogens with one attached hydrogen (secondary N) is 2. The summed E-state index contributed by atoms with van der Waals surface area (Å²) in [7, 11) is 0. The maximum absolute atomic E-state index is 12.0. The molecule has 2 aromatic rings. The third kappa shape index (κ3) is 2.24. The summed E-state index contributed by atoms with van der Waals surface area (Å²) in [6.07, 6.45) is 1.92. The van der Waals surface area contributed by atoms with Crippen LogP contribution >= 0.6 is 0 Å². The summed E-state index contributed by atoms with van der Waals surface area (Å²) >= 11 is 0. The van der Waals surface area contributed by atoms with Gasteiger partial charge in [0.25, 0.3) is 0 Å². The van der Waals surface area contributed by atoms with Gasteiger partial charge in [-0.25, -0.2) is 14.5 Å². The van der Waals surface area contributed by atoms with Gasteiger partial charge in [-0.1, -0.05) is 6.07 Å². The van der Waals surface area contributed by atoms with E-state index < -0.39 is 0 Å². The highest BCUT2D eigenvalue weighted by Gasteiger charge is 2.22. The zero-order valence-corrected chi connectivity index (χ0v) is 11.0. The van der Waals surface area contributed by atoms with Gasteiger partial charge in [0.15, 0.2) is 0 Å². The zero-order valence-electron chi connectivity index (χ0n) is 11.0. The van der Waals surface area contributed by atoms with Crippen molar-refractivity contribution in [3.8, 4) is 11.8 Å². The summed E-state index contributed by atoms with van der Waals surface area (Å²) in [6, 6.07) is 9.12. The second kappa shape index (κ2) is 5.31. The number of benzene rings is 1. The number of H-pyrrole nitrogens is 1. The van der Waals surface area contributed by atoms with E-state index in [-0.39, 0.29) is 11.6 Å². The number of piperidine rings is 1. The summed E-state index contributed by atoms with van der Waals surface area (Å²) in [5, 5.41) is 19.0. The topological polar surface area (TPSA) is 86.5 Å². The van der Waals surface area contributed by atoms with Crippen molar-refractivity contribution in [3.05, 3.63) is 46.1 Å². The minimum atomic E-state index is -0.256. The molecular weight excluding hydrogens is 254 g/mol. The second-order valence-corrected chi connectivity index (χ2v) is 4.91. The Morgan fingerprint density at radius 2 is 2.15 bits per heavy atom. The molecular formula is C14H15N5O. The van der Waals surface area contributed by atoms with Crippen LogP contribution in [0, 0.1) is 11.3 Å². The van der Waals surface area contributed by atoms with E-state index in [1.54, 1.807) is 22.8 Å². The predicted molar refractivity (Wildman–Crippen MR) is 73.7 cm³/mol. The van der Waals surface area contributed by atoms with Gasteiger partial charge in [0.05, 0.1) is 17.3 Å². The van der Waals surface area contributed by atoms with Crippen molar-refractivity contribution in [2.24, 2.45) is 0 Å². The van der Waals surface area contributed by atoms with Crippen molar-refractivity contribution in [2.75, 3.05) is 13.1 Å². The van der Waals surface area contributed by atoms with E-state index in [0.717, 1.165) is 31.8 Å². The zero-order chi connectivity index (χ0) is 13.9. The van der Waals surface area contributed by atoms with Gasteiger partial charge in [0.1, 0.15) is 5.82 Å². The fraction of sp³-hybridized carbons (Fsp3) is 0.357. The van der Waals surface area contributed by atoms with Crippen LogP contribution in [0.2, 0.25) is 0 Å². The van der Waals surface area contributed by atoms with Gasteiger partial charge >= 0.3 is 5.69 Å². The number of aromatic nitrogens is 3. The van der Waals surface area contributed by atoms with Crippen LogP contribution in [0.1, 0.15) is 30.1 Å². The SMILES string of the molecule is N#Cc1cccc(-n2c(C3CCNCC3)n[nH]c2=O)c1.